The maximum Gasteiger partial charge on any atom is 0.146 e. The van der Waals surface area contributed by atoms with Crippen LogP contribution in [-0.2, 0) is 10.3 Å². The van der Waals surface area contributed by atoms with Crippen molar-refractivity contribution in [2.75, 3.05) is 0 Å². The van der Waals surface area contributed by atoms with Crippen LogP contribution in [0.1, 0.15) is 23.6 Å². The molecule has 0 saturated carbocycles. The first-order valence-corrected chi connectivity index (χ1v) is 7.75. The first-order chi connectivity index (χ1) is 11.0. The minimum atomic E-state index is -1.29. The molecule has 23 heavy (non-hydrogen) atoms. The minimum Gasteiger partial charge on any atom is -0.382 e. The predicted octanol–water partition coefficient (Wildman–Crippen LogP) is 3.67. The molecule has 1 spiro atoms. The second-order valence-corrected chi connectivity index (χ2v) is 6.55. The molecule has 1 N–H and O–H groups in total. The molecule has 3 heteroatoms. The average Bonchev–Trinajstić information content (AvgIpc) is 3.18. The van der Waals surface area contributed by atoms with E-state index in [1.165, 1.54) is 12.1 Å². The summed E-state index contributed by atoms with van der Waals surface area (Å²) in [5.74, 6) is -0.346. The van der Waals surface area contributed by atoms with Crippen molar-refractivity contribution in [1.82, 2.24) is 0 Å². The third-order valence-electron chi connectivity index (χ3n) is 5.33. The minimum absolute atomic E-state index is 0.169. The highest BCUT2D eigenvalue weighted by molar-refractivity contribution is 6.05. The molecular formula is C20H15FO2. The fourth-order valence-electron chi connectivity index (χ4n) is 4.27. The van der Waals surface area contributed by atoms with E-state index < -0.39 is 11.2 Å². The fourth-order valence-corrected chi connectivity index (χ4v) is 4.27. The van der Waals surface area contributed by atoms with Crippen LogP contribution in [0.4, 0.5) is 4.39 Å². The molecule has 2 aromatic rings. The quantitative estimate of drug-likeness (QED) is 0.815. The summed E-state index contributed by atoms with van der Waals surface area (Å²) in [5, 5.41) is 11.2. The number of fused-ring (bicyclic) bond motifs is 3. The Morgan fingerprint density at radius 1 is 1.13 bits per heavy atom. The molecule has 0 amide bonds. The van der Waals surface area contributed by atoms with Crippen molar-refractivity contribution in [2.24, 2.45) is 0 Å². The molecule has 3 aliphatic rings. The predicted molar refractivity (Wildman–Crippen MR) is 86.0 cm³/mol. The maximum atomic E-state index is 13.8. The van der Waals surface area contributed by atoms with Gasteiger partial charge in [0.05, 0.1) is 0 Å². The van der Waals surface area contributed by atoms with Crippen LogP contribution in [0.25, 0.3) is 11.1 Å². The van der Waals surface area contributed by atoms with Gasteiger partial charge in [-0.3, -0.25) is 0 Å². The maximum absolute atomic E-state index is 13.8. The lowest BCUT2D eigenvalue weighted by Crippen LogP contribution is -2.44. The van der Waals surface area contributed by atoms with Crippen LogP contribution in [0.3, 0.4) is 0 Å². The monoisotopic (exact) mass is 306 g/mol. The third-order valence-corrected chi connectivity index (χ3v) is 5.33. The lowest BCUT2D eigenvalue weighted by Gasteiger charge is -2.34. The summed E-state index contributed by atoms with van der Waals surface area (Å²) in [6, 6.07) is 14.7. The molecule has 0 saturated heterocycles. The Hall–Kier alpha value is -2.23. The van der Waals surface area contributed by atoms with Gasteiger partial charge in [-0.1, -0.05) is 42.5 Å². The molecule has 1 aliphatic carbocycles. The summed E-state index contributed by atoms with van der Waals surface area (Å²) >= 11 is 0. The van der Waals surface area contributed by atoms with E-state index in [0.29, 0.717) is 5.56 Å². The third kappa shape index (κ3) is 1.40. The molecule has 2 bridgehead atoms. The van der Waals surface area contributed by atoms with E-state index >= 15 is 0 Å². The second kappa shape index (κ2) is 3.99. The first-order valence-electron chi connectivity index (χ1n) is 7.75. The Bertz CT molecular complexity index is 895. The lowest BCUT2D eigenvalue weighted by atomic mass is 9.79. The van der Waals surface area contributed by atoms with E-state index in [2.05, 4.69) is 0 Å². The first kappa shape index (κ1) is 13.2. The van der Waals surface area contributed by atoms with Gasteiger partial charge >= 0.3 is 0 Å². The molecule has 2 nitrogen and oxygen atoms in total. The summed E-state index contributed by atoms with van der Waals surface area (Å²) < 4.78 is 20.0. The van der Waals surface area contributed by atoms with Crippen molar-refractivity contribution in [2.45, 2.75) is 24.2 Å². The second-order valence-electron chi connectivity index (χ2n) is 6.55. The van der Waals surface area contributed by atoms with Gasteiger partial charge in [-0.05, 0) is 47.4 Å². The van der Waals surface area contributed by atoms with E-state index in [4.69, 9.17) is 4.74 Å². The Labute approximate surface area is 133 Å². The Kier molecular flexibility index (Phi) is 2.30. The fraction of sp³-hybridized carbons (Fsp3) is 0.200. The smallest absolute Gasteiger partial charge is 0.146 e. The average molecular weight is 306 g/mol. The van der Waals surface area contributed by atoms with Gasteiger partial charge in [-0.15, -0.1) is 0 Å². The molecule has 0 radical (unpaired) electrons. The Balaban J connectivity index is 1.88. The summed E-state index contributed by atoms with van der Waals surface area (Å²) in [7, 11) is 0. The van der Waals surface area contributed by atoms with Crippen LogP contribution >= 0.6 is 0 Å². The Morgan fingerprint density at radius 2 is 1.91 bits per heavy atom. The van der Waals surface area contributed by atoms with Gasteiger partial charge in [0.15, 0.2) is 0 Å². The van der Waals surface area contributed by atoms with Crippen LogP contribution in [0.5, 0.6) is 0 Å². The van der Waals surface area contributed by atoms with E-state index in [1.807, 2.05) is 42.5 Å². The number of hydrogen-bond donors (Lipinski definition) is 1. The highest BCUT2D eigenvalue weighted by atomic mass is 19.1. The zero-order valence-electron chi connectivity index (χ0n) is 12.6. The van der Waals surface area contributed by atoms with Crippen molar-refractivity contribution in [3.8, 4) is 0 Å². The summed E-state index contributed by atoms with van der Waals surface area (Å²) in [5.41, 5.74) is 2.37. The highest BCUT2D eigenvalue weighted by Crippen LogP contribution is 2.64. The molecule has 3 atom stereocenters. The van der Waals surface area contributed by atoms with Gasteiger partial charge in [0.25, 0.3) is 0 Å². The number of benzene rings is 2. The lowest BCUT2D eigenvalue weighted by molar-refractivity contribution is -0.101. The van der Waals surface area contributed by atoms with Crippen molar-refractivity contribution < 1.29 is 14.2 Å². The number of hydrogen-bond acceptors (Lipinski definition) is 2. The molecule has 114 valence electrons. The van der Waals surface area contributed by atoms with Crippen LogP contribution in [0.15, 0.2) is 60.7 Å². The van der Waals surface area contributed by atoms with Crippen molar-refractivity contribution in [1.29, 1.82) is 0 Å². The van der Waals surface area contributed by atoms with E-state index in [-0.39, 0.29) is 11.9 Å². The van der Waals surface area contributed by atoms with E-state index in [9.17, 15) is 9.50 Å². The van der Waals surface area contributed by atoms with Crippen molar-refractivity contribution >= 4 is 11.1 Å². The van der Waals surface area contributed by atoms with Crippen LogP contribution < -0.4 is 0 Å². The van der Waals surface area contributed by atoms with Gasteiger partial charge in [0.2, 0.25) is 0 Å². The standard InChI is InChI=1S/C20H15FO2/c1-19(22)15-11-13(21)7-8-14(15)18-17(12-5-3-2-4-6-12)16-9-10-20(18,19)23-16/h2-11,16,22H,1H3/t16-,19-,20+/m0/s1. The SMILES string of the molecule is C[C@]1(O)c2cc(F)ccc2C2=C(c3ccccc3)[C@@H]3C=C[C@@]21O3. The molecule has 0 aromatic heterocycles. The summed E-state index contributed by atoms with van der Waals surface area (Å²) in [6.45, 7) is 1.71. The van der Waals surface area contributed by atoms with Gasteiger partial charge in [0, 0.05) is 5.57 Å². The van der Waals surface area contributed by atoms with Crippen LogP contribution in [0.2, 0.25) is 0 Å². The zero-order valence-corrected chi connectivity index (χ0v) is 12.6. The van der Waals surface area contributed by atoms with Gasteiger partial charge in [0.1, 0.15) is 23.1 Å². The molecule has 2 aromatic carbocycles. The molecule has 2 heterocycles. The molecule has 0 fully saturated rings. The van der Waals surface area contributed by atoms with Gasteiger partial charge < -0.3 is 9.84 Å². The number of rotatable bonds is 1. The molecular weight excluding hydrogens is 291 g/mol. The van der Waals surface area contributed by atoms with Crippen LogP contribution in [-0.4, -0.2) is 16.8 Å². The summed E-state index contributed by atoms with van der Waals surface area (Å²) in [6.07, 6.45) is 3.75. The summed E-state index contributed by atoms with van der Waals surface area (Å²) in [4.78, 5) is 0. The van der Waals surface area contributed by atoms with Crippen molar-refractivity contribution in [3.05, 3.63) is 83.2 Å². The number of aliphatic hydroxyl groups is 1. The largest absolute Gasteiger partial charge is 0.382 e. The van der Waals surface area contributed by atoms with Gasteiger partial charge in [-0.25, -0.2) is 4.39 Å². The van der Waals surface area contributed by atoms with E-state index in [1.54, 1.807) is 13.0 Å². The van der Waals surface area contributed by atoms with E-state index in [0.717, 1.165) is 22.3 Å². The Morgan fingerprint density at radius 3 is 2.70 bits per heavy atom. The topological polar surface area (TPSA) is 29.5 Å². The zero-order chi connectivity index (χ0) is 15.8. The normalized spacial score (nSPS) is 33.3. The van der Waals surface area contributed by atoms with Crippen molar-refractivity contribution in [3.63, 3.8) is 0 Å². The number of halogens is 1. The molecule has 2 aliphatic heterocycles. The highest BCUT2D eigenvalue weighted by Gasteiger charge is 2.64. The van der Waals surface area contributed by atoms with Gasteiger partial charge in [-0.2, -0.15) is 0 Å². The molecule has 0 unspecified atom stereocenters. The number of ether oxygens (including phenoxy) is 1. The molecule has 5 rings (SSSR count). The van der Waals surface area contributed by atoms with Crippen LogP contribution in [0, 0.1) is 5.82 Å².